The summed E-state index contributed by atoms with van der Waals surface area (Å²) in [5.41, 5.74) is 0. The number of aliphatic hydroxyl groups is 8. The van der Waals surface area contributed by atoms with Crippen LogP contribution in [0.4, 0.5) is 0 Å². The maximum atomic E-state index is 10.8. The predicted octanol–water partition coefficient (Wildman–Crippen LogP) is -4.99. The average molecular weight is 405 g/mol. The summed E-state index contributed by atoms with van der Waals surface area (Å²) in [5.74, 6) is -1.91. The van der Waals surface area contributed by atoms with Crippen molar-refractivity contribution in [3.8, 4) is 0 Å². The Bertz CT molecular complexity index is 527. The molecule has 0 aromatic carbocycles. The van der Waals surface area contributed by atoms with Crippen molar-refractivity contribution in [1.82, 2.24) is 0 Å². The van der Waals surface area contributed by atoms with Gasteiger partial charge in [0.05, 0.1) is 37.6 Å². The molecule has 0 radical (unpaired) electrons. The highest BCUT2D eigenvalue weighted by Gasteiger charge is 2.47. The molecule has 1 fully saturated rings. The Morgan fingerprint density at radius 1 is 1.04 bits per heavy atom. The van der Waals surface area contributed by atoms with E-state index in [1.807, 2.05) is 0 Å². The van der Waals surface area contributed by atoms with Crippen molar-refractivity contribution in [2.24, 2.45) is 11.8 Å². The molecule has 0 aromatic heterocycles. The molecular formula is C13H25O12S-. The molecule has 9 atom stereocenters. The molecule has 1 rings (SSSR count). The van der Waals surface area contributed by atoms with E-state index in [-0.39, 0.29) is 6.42 Å². The van der Waals surface area contributed by atoms with Gasteiger partial charge in [-0.15, -0.1) is 0 Å². The largest absolute Gasteiger partial charge is 0.726 e. The fourth-order valence-electron chi connectivity index (χ4n) is 3.31. The van der Waals surface area contributed by atoms with Crippen LogP contribution in [0.1, 0.15) is 12.8 Å². The molecule has 0 heterocycles. The molecule has 0 aliphatic heterocycles. The van der Waals surface area contributed by atoms with Gasteiger partial charge in [-0.3, -0.25) is 4.18 Å². The number of aliphatic hydroxyl groups excluding tert-OH is 8. The average Bonchev–Trinajstić information content (AvgIpc) is 2.83. The van der Waals surface area contributed by atoms with Gasteiger partial charge in [-0.05, 0) is 18.8 Å². The molecule has 0 amide bonds. The van der Waals surface area contributed by atoms with E-state index in [0.29, 0.717) is 0 Å². The minimum atomic E-state index is -5.40. The van der Waals surface area contributed by atoms with E-state index in [4.69, 9.17) is 10.2 Å². The smallest absolute Gasteiger partial charge is 0.218 e. The molecule has 1 aliphatic carbocycles. The van der Waals surface area contributed by atoms with E-state index in [2.05, 4.69) is 4.18 Å². The third-order valence-corrected chi connectivity index (χ3v) is 5.04. The van der Waals surface area contributed by atoms with E-state index in [1.54, 1.807) is 0 Å². The first-order valence-corrected chi connectivity index (χ1v) is 9.20. The first kappa shape index (κ1) is 23.6. The zero-order valence-corrected chi connectivity index (χ0v) is 14.5. The SMILES string of the molecule is O=S(=O)([O-])O[C@@H]([C@H](O)[C@H](O)CO)[C@@H](O)C[C@@H]1C[C@@H](O)[C@@H](O)[C@@H]1[C@H](O)CO. The van der Waals surface area contributed by atoms with E-state index in [0.717, 1.165) is 0 Å². The van der Waals surface area contributed by atoms with Crippen molar-refractivity contribution in [1.29, 1.82) is 0 Å². The van der Waals surface area contributed by atoms with Crippen molar-refractivity contribution in [3.63, 3.8) is 0 Å². The Kier molecular flexibility index (Phi) is 8.76. The van der Waals surface area contributed by atoms with Gasteiger partial charge in [-0.2, -0.15) is 0 Å². The Labute approximate surface area is 149 Å². The maximum Gasteiger partial charge on any atom is 0.218 e. The van der Waals surface area contributed by atoms with Gasteiger partial charge < -0.3 is 45.4 Å². The topological polar surface area (TPSA) is 228 Å². The van der Waals surface area contributed by atoms with Gasteiger partial charge in [0.2, 0.25) is 10.4 Å². The molecule has 156 valence electrons. The summed E-state index contributed by atoms with van der Waals surface area (Å²) < 4.78 is 36.6. The lowest BCUT2D eigenvalue weighted by molar-refractivity contribution is -0.113. The van der Waals surface area contributed by atoms with Gasteiger partial charge in [-0.25, -0.2) is 8.42 Å². The lowest BCUT2D eigenvalue weighted by Gasteiger charge is -2.33. The molecule has 1 saturated carbocycles. The monoisotopic (exact) mass is 405 g/mol. The first-order chi connectivity index (χ1) is 11.9. The molecule has 13 heteroatoms. The molecule has 12 nitrogen and oxygen atoms in total. The lowest BCUT2D eigenvalue weighted by Crippen LogP contribution is -2.49. The predicted molar refractivity (Wildman–Crippen MR) is 81.0 cm³/mol. The highest BCUT2D eigenvalue weighted by molar-refractivity contribution is 7.80. The zero-order valence-electron chi connectivity index (χ0n) is 13.6. The van der Waals surface area contributed by atoms with Crippen LogP contribution in [0.15, 0.2) is 0 Å². The number of hydrogen-bond donors (Lipinski definition) is 8. The van der Waals surface area contributed by atoms with Crippen LogP contribution in [0.2, 0.25) is 0 Å². The van der Waals surface area contributed by atoms with Crippen molar-refractivity contribution >= 4 is 10.4 Å². The summed E-state index contributed by atoms with van der Waals surface area (Å²) in [6, 6.07) is 0. The second-order valence-corrected chi connectivity index (χ2v) is 7.40. The van der Waals surface area contributed by atoms with E-state index < -0.39 is 84.6 Å². The zero-order chi connectivity index (χ0) is 20.2. The second kappa shape index (κ2) is 9.66. The summed E-state index contributed by atoms with van der Waals surface area (Å²) >= 11 is 0. The Morgan fingerprint density at radius 3 is 2.08 bits per heavy atom. The van der Waals surface area contributed by atoms with Crippen LogP contribution in [0.25, 0.3) is 0 Å². The summed E-state index contributed by atoms with van der Waals surface area (Å²) in [7, 11) is -5.40. The molecular weight excluding hydrogens is 380 g/mol. The standard InChI is InChI=1S/C13H26O12S/c14-3-8(18)10-5(1-6(16)11(10)20)2-7(17)13(25-26(22,23)24)12(21)9(19)4-15/h5-21H,1-4H2,(H,22,23,24)/p-1/t5-,6+,7-,8+,9+,10-,11+,12+,13+/m0/s1. The van der Waals surface area contributed by atoms with Gasteiger partial charge in [0.15, 0.2) is 0 Å². The third kappa shape index (κ3) is 6.03. The van der Waals surface area contributed by atoms with Crippen LogP contribution >= 0.6 is 0 Å². The van der Waals surface area contributed by atoms with E-state index >= 15 is 0 Å². The highest BCUT2D eigenvalue weighted by Crippen LogP contribution is 2.38. The van der Waals surface area contributed by atoms with Crippen molar-refractivity contribution in [3.05, 3.63) is 0 Å². The van der Waals surface area contributed by atoms with Gasteiger partial charge in [-0.1, -0.05) is 0 Å². The van der Waals surface area contributed by atoms with Gasteiger partial charge in [0, 0.05) is 5.92 Å². The van der Waals surface area contributed by atoms with E-state index in [9.17, 15) is 43.6 Å². The second-order valence-electron chi connectivity index (χ2n) is 6.39. The van der Waals surface area contributed by atoms with Crippen molar-refractivity contribution in [2.45, 2.75) is 55.6 Å². The normalized spacial score (nSPS) is 32.8. The van der Waals surface area contributed by atoms with E-state index in [1.165, 1.54) is 0 Å². The highest BCUT2D eigenvalue weighted by atomic mass is 32.3. The molecule has 0 aromatic rings. The fourth-order valence-corrected chi connectivity index (χ4v) is 3.83. The van der Waals surface area contributed by atoms with Crippen LogP contribution in [0.5, 0.6) is 0 Å². The molecule has 1 aliphatic rings. The third-order valence-electron chi connectivity index (χ3n) is 4.58. The summed E-state index contributed by atoms with van der Waals surface area (Å²) in [6.45, 7) is -1.76. The van der Waals surface area contributed by atoms with Crippen LogP contribution in [-0.4, -0.2) is 110 Å². The molecule has 8 N–H and O–H groups in total. The fraction of sp³-hybridized carbons (Fsp3) is 1.00. The van der Waals surface area contributed by atoms with Crippen molar-refractivity contribution < 1.29 is 58.0 Å². The van der Waals surface area contributed by atoms with Crippen LogP contribution < -0.4 is 0 Å². The van der Waals surface area contributed by atoms with Crippen LogP contribution in [0, 0.1) is 11.8 Å². The lowest BCUT2D eigenvalue weighted by atomic mass is 9.84. The van der Waals surface area contributed by atoms with Crippen LogP contribution in [0.3, 0.4) is 0 Å². The van der Waals surface area contributed by atoms with Gasteiger partial charge in [0.1, 0.15) is 18.3 Å². The van der Waals surface area contributed by atoms with Crippen molar-refractivity contribution in [2.75, 3.05) is 13.2 Å². The number of rotatable bonds is 10. The summed E-state index contributed by atoms with van der Waals surface area (Å²) in [6.07, 6.45) is -12.8. The Balaban J connectivity index is 2.98. The minimum Gasteiger partial charge on any atom is -0.726 e. The molecule has 0 bridgehead atoms. The summed E-state index contributed by atoms with van der Waals surface area (Å²) in [5, 5.41) is 76.8. The van der Waals surface area contributed by atoms with Gasteiger partial charge in [0.25, 0.3) is 0 Å². The molecule has 0 spiro atoms. The molecule has 0 unspecified atom stereocenters. The molecule has 0 saturated heterocycles. The maximum absolute atomic E-state index is 10.8. The Hall–Kier alpha value is -0.450. The van der Waals surface area contributed by atoms with Crippen LogP contribution in [-0.2, 0) is 14.6 Å². The first-order valence-electron chi connectivity index (χ1n) is 7.87. The summed E-state index contributed by atoms with van der Waals surface area (Å²) in [4.78, 5) is 0. The number of hydrogen-bond acceptors (Lipinski definition) is 12. The van der Waals surface area contributed by atoms with Gasteiger partial charge >= 0.3 is 0 Å². The minimum absolute atomic E-state index is 0.130. The quantitative estimate of drug-likeness (QED) is 0.126. The Morgan fingerprint density at radius 2 is 1.62 bits per heavy atom. The molecule has 26 heavy (non-hydrogen) atoms.